The van der Waals surface area contributed by atoms with Crippen molar-refractivity contribution in [3.05, 3.63) is 0 Å². The Morgan fingerprint density at radius 2 is 1.73 bits per heavy atom. The van der Waals surface area contributed by atoms with Crippen molar-refractivity contribution in [1.82, 2.24) is 5.32 Å². The van der Waals surface area contributed by atoms with E-state index < -0.39 is 0 Å². The van der Waals surface area contributed by atoms with Crippen LogP contribution in [0.1, 0.15) is 73.1 Å². The van der Waals surface area contributed by atoms with Gasteiger partial charge in [-0.1, -0.05) is 47.0 Å². The van der Waals surface area contributed by atoms with Crippen LogP contribution in [-0.2, 0) is 0 Å². The summed E-state index contributed by atoms with van der Waals surface area (Å²) < 4.78 is 0. The molecular weight excluding hydrogens is 182 g/mol. The molecular formula is C14H31N. The van der Waals surface area contributed by atoms with E-state index in [-0.39, 0.29) is 0 Å². The highest BCUT2D eigenvalue weighted by Crippen LogP contribution is 2.29. The molecule has 0 aliphatic carbocycles. The highest BCUT2D eigenvalue weighted by Gasteiger charge is 2.19. The van der Waals surface area contributed by atoms with Gasteiger partial charge in [0.25, 0.3) is 0 Å². The lowest BCUT2D eigenvalue weighted by atomic mass is 9.81. The molecule has 0 aromatic heterocycles. The summed E-state index contributed by atoms with van der Waals surface area (Å²) in [6.45, 7) is 12.8. The molecule has 0 heterocycles. The Morgan fingerprint density at radius 1 is 1.07 bits per heavy atom. The summed E-state index contributed by atoms with van der Waals surface area (Å²) in [5, 5.41) is 3.58. The Labute approximate surface area is 97.0 Å². The van der Waals surface area contributed by atoms with Gasteiger partial charge in [-0.2, -0.15) is 0 Å². The Morgan fingerprint density at radius 3 is 2.27 bits per heavy atom. The van der Waals surface area contributed by atoms with E-state index in [0.717, 1.165) is 6.54 Å². The van der Waals surface area contributed by atoms with E-state index in [1.54, 1.807) is 0 Å². The van der Waals surface area contributed by atoms with Crippen LogP contribution in [0.25, 0.3) is 0 Å². The van der Waals surface area contributed by atoms with Crippen molar-refractivity contribution in [2.45, 2.75) is 79.2 Å². The molecule has 0 aliphatic rings. The molecule has 1 atom stereocenters. The second kappa shape index (κ2) is 8.15. The van der Waals surface area contributed by atoms with E-state index >= 15 is 0 Å². The molecule has 0 saturated heterocycles. The fourth-order valence-electron chi connectivity index (χ4n) is 2.25. The molecule has 1 unspecified atom stereocenters. The van der Waals surface area contributed by atoms with Gasteiger partial charge in [0.1, 0.15) is 0 Å². The first-order valence-corrected chi connectivity index (χ1v) is 6.75. The fourth-order valence-corrected chi connectivity index (χ4v) is 2.25. The first-order chi connectivity index (χ1) is 7.02. The van der Waals surface area contributed by atoms with Crippen molar-refractivity contribution in [2.24, 2.45) is 5.41 Å². The van der Waals surface area contributed by atoms with Crippen LogP contribution in [0, 0.1) is 5.41 Å². The molecule has 0 aromatic rings. The zero-order valence-electron chi connectivity index (χ0n) is 11.5. The topological polar surface area (TPSA) is 12.0 Å². The van der Waals surface area contributed by atoms with Crippen LogP contribution < -0.4 is 5.32 Å². The van der Waals surface area contributed by atoms with Crippen LogP contribution in [0.3, 0.4) is 0 Å². The van der Waals surface area contributed by atoms with E-state index in [1.165, 1.54) is 38.5 Å². The van der Waals surface area contributed by atoms with Crippen molar-refractivity contribution in [1.29, 1.82) is 0 Å². The van der Waals surface area contributed by atoms with Gasteiger partial charge in [-0.25, -0.2) is 0 Å². The maximum absolute atomic E-state index is 3.58. The van der Waals surface area contributed by atoms with Crippen LogP contribution in [0.5, 0.6) is 0 Å². The van der Waals surface area contributed by atoms with Crippen LogP contribution in [0.2, 0.25) is 0 Å². The monoisotopic (exact) mass is 213 g/mol. The molecule has 1 nitrogen and oxygen atoms in total. The predicted molar refractivity (Wildman–Crippen MR) is 70.3 cm³/mol. The maximum atomic E-state index is 3.58. The first-order valence-electron chi connectivity index (χ1n) is 6.75. The van der Waals surface area contributed by atoms with Crippen LogP contribution >= 0.6 is 0 Å². The van der Waals surface area contributed by atoms with E-state index in [1.807, 2.05) is 0 Å². The average Bonchev–Trinajstić information content (AvgIpc) is 2.14. The minimum Gasteiger partial charge on any atom is -0.314 e. The Bertz CT molecular complexity index is 140. The SMILES string of the molecule is CCCCCC(C)(C)CC(C)NCCC. The van der Waals surface area contributed by atoms with Gasteiger partial charge < -0.3 is 5.32 Å². The number of hydrogen-bond donors (Lipinski definition) is 1. The number of rotatable bonds is 9. The summed E-state index contributed by atoms with van der Waals surface area (Å²) in [6, 6.07) is 0.668. The lowest BCUT2D eigenvalue weighted by Crippen LogP contribution is -2.31. The minimum absolute atomic E-state index is 0.509. The zero-order chi connectivity index (χ0) is 11.7. The molecule has 0 bridgehead atoms. The largest absolute Gasteiger partial charge is 0.314 e. The van der Waals surface area contributed by atoms with Gasteiger partial charge in [0.05, 0.1) is 0 Å². The third-order valence-corrected chi connectivity index (χ3v) is 3.06. The van der Waals surface area contributed by atoms with Gasteiger partial charge in [0.15, 0.2) is 0 Å². The molecule has 0 fully saturated rings. The Balaban J connectivity index is 3.69. The molecule has 0 radical (unpaired) electrons. The zero-order valence-corrected chi connectivity index (χ0v) is 11.5. The lowest BCUT2D eigenvalue weighted by molar-refractivity contribution is 0.260. The summed E-state index contributed by atoms with van der Waals surface area (Å²) in [5.74, 6) is 0. The van der Waals surface area contributed by atoms with Gasteiger partial charge in [0.2, 0.25) is 0 Å². The predicted octanol–water partition coefficient (Wildman–Crippen LogP) is 4.37. The smallest absolute Gasteiger partial charge is 0.00438 e. The molecule has 1 N–H and O–H groups in total. The van der Waals surface area contributed by atoms with Crippen LogP contribution in [0.4, 0.5) is 0 Å². The molecule has 0 spiro atoms. The molecule has 0 aliphatic heterocycles. The highest BCUT2D eigenvalue weighted by molar-refractivity contribution is 4.75. The van der Waals surface area contributed by atoms with E-state index in [2.05, 4.69) is 39.9 Å². The second-order valence-corrected chi connectivity index (χ2v) is 5.68. The van der Waals surface area contributed by atoms with Gasteiger partial charge in [-0.15, -0.1) is 0 Å². The number of hydrogen-bond acceptors (Lipinski definition) is 1. The normalized spacial score (nSPS) is 14.2. The highest BCUT2D eigenvalue weighted by atomic mass is 14.9. The third kappa shape index (κ3) is 8.92. The van der Waals surface area contributed by atoms with E-state index in [9.17, 15) is 0 Å². The molecule has 0 aromatic carbocycles. The van der Waals surface area contributed by atoms with Crippen LogP contribution in [0.15, 0.2) is 0 Å². The molecule has 0 saturated carbocycles. The van der Waals surface area contributed by atoms with Crippen molar-refractivity contribution in [3.63, 3.8) is 0 Å². The maximum Gasteiger partial charge on any atom is 0.00438 e. The number of unbranched alkanes of at least 4 members (excludes halogenated alkanes) is 2. The molecule has 15 heavy (non-hydrogen) atoms. The quantitative estimate of drug-likeness (QED) is 0.561. The molecule has 1 heteroatoms. The average molecular weight is 213 g/mol. The van der Waals surface area contributed by atoms with Gasteiger partial charge in [-0.05, 0) is 38.1 Å². The van der Waals surface area contributed by atoms with Crippen molar-refractivity contribution in [3.8, 4) is 0 Å². The van der Waals surface area contributed by atoms with Gasteiger partial charge >= 0.3 is 0 Å². The van der Waals surface area contributed by atoms with E-state index in [4.69, 9.17) is 0 Å². The van der Waals surface area contributed by atoms with Gasteiger partial charge in [-0.3, -0.25) is 0 Å². The summed E-state index contributed by atoms with van der Waals surface area (Å²) in [5.41, 5.74) is 0.509. The summed E-state index contributed by atoms with van der Waals surface area (Å²) >= 11 is 0. The molecule has 0 amide bonds. The summed E-state index contributed by atoms with van der Waals surface area (Å²) in [4.78, 5) is 0. The Hall–Kier alpha value is -0.0400. The van der Waals surface area contributed by atoms with Crippen LogP contribution in [-0.4, -0.2) is 12.6 Å². The van der Waals surface area contributed by atoms with Crippen molar-refractivity contribution >= 4 is 0 Å². The van der Waals surface area contributed by atoms with Crippen molar-refractivity contribution < 1.29 is 0 Å². The lowest BCUT2D eigenvalue weighted by Gasteiger charge is -2.28. The Kier molecular flexibility index (Phi) is 8.13. The first kappa shape index (κ1) is 15.0. The van der Waals surface area contributed by atoms with E-state index in [0.29, 0.717) is 11.5 Å². The molecule has 0 rings (SSSR count). The summed E-state index contributed by atoms with van der Waals surface area (Å²) in [6.07, 6.45) is 8.03. The minimum atomic E-state index is 0.509. The second-order valence-electron chi connectivity index (χ2n) is 5.68. The summed E-state index contributed by atoms with van der Waals surface area (Å²) in [7, 11) is 0. The molecule has 92 valence electrons. The fraction of sp³-hybridized carbons (Fsp3) is 1.00. The number of nitrogens with one attached hydrogen (secondary N) is 1. The van der Waals surface area contributed by atoms with Crippen molar-refractivity contribution in [2.75, 3.05) is 6.54 Å². The van der Waals surface area contributed by atoms with Gasteiger partial charge in [0, 0.05) is 6.04 Å². The standard InChI is InChI=1S/C14H31N/c1-6-8-9-10-14(4,5)12-13(3)15-11-7-2/h13,15H,6-12H2,1-5H3. The third-order valence-electron chi connectivity index (χ3n) is 3.06.